The molecule has 0 radical (unpaired) electrons. The Labute approximate surface area is 196 Å². The molecule has 0 spiro atoms. The Balaban J connectivity index is 1.45. The zero-order valence-electron chi connectivity index (χ0n) is 18.7. The van der Waals surface area contributed by atoms with Crippen molar-refractivity contribution in [3.63, 3.8) is 0 Å². The number of nitrogens with one attached hydrogen (secondary N) is 3. The van der Waals surface area contributed by atoms with Crippen LogP contribution in [-0.2, 0) is 20.7 Å². The fourth-order valence-electron chi connectivity index (χ4n) is 4.22. The number of hydrogen-bond acceptors (Lipinski definition) is 5. The lowest BCUT2D eigenvalue weighted by molar-refractivity contribution is -0.142. The second kappa shape index (κ2) is 10.2. The van der Waals surface area contributed by atoms with Gasteiger partial charge in [0.25, 0.3) is 0 Å². The number of benzene rings is 2. The van der Waals surface area contributed by atoms with Gasteiger partial charge in [-0.05, 0) is 28.7 Å². The number of carboxylic acids is 1. The molecule has 0 aliphatic heterocycles. The van der Waals surface area contributed by atoms with Gasteiger partial charge in [-0.3, -0.25) is 4.79 Å². The van der Waals surface area contributed by atoms with Gasteiger partial charge in [-0.1, -0.05) is 55.5 Å². The minimum Gasteiger partial charge on any atom is -0.480 e. The van der Waals surface area contributed by atoms with Crippen LogP contribution in [0.15, 0.2) is 61.1 Å². The van der Waals surface area contributed by atoms with Crippen LogP contribution < -0.4 is 10.6 Å². The van der Waals surface area contributed by atoms with E-state index in [-0.39, 0.29) is 25.4 Å². The van der Waals surface area contributed by atoms with E-state index in [1.54, 1.807) is 6.92 Å². The van der Waals surface area contributed by atoms with Gasteiger partial charge in [0, 0.05) is 24.2 Å². The number of H-pyrrole nitrogens is 1. The van der Waals surface area contributed by atoms with Crippen LogP contribution in [0.3, 0.4) is 0 Å². The lowest BCUT2D eigenvalue weighted by atomic mass is 9.98. The molecule has 1 aliphatic rings. The maximum atomic E-state index is 12.8. The van der Waals surface area contributed by atoms with Crippen LogP contribution >= 0.6 is 0 Å². The maximum Gasteiger partial charge on any atom is 0.407 e. The Morgan fingerprint density at radius 3 is 2.24 bits per heavy atom. The van der Waals surface area contributed by atoms with Crippen molar-refractivity contribution in [1.29, 1.82) is 0 Å². The highest BCUT2D eigenvalue weighted by Crippen LogP contribution is 2.44. The Morgan fingerprint density at radius 2 is 1.68 bits per heavy atom. The molecule has 1 aromatic heterocycles. The summed E-state index contributed by atoms with van der Waals surface area (Å²) in [6, 6.07) is 13.9. The highest BCUT2D eigenvalue weighted by Gasteiger charge is 2.30. The van der Waals surface area contributed by atoms with Crippen molar-refractivity contribution in [2.75, 3.05) is 6.61 Å². The van der Waals surface area contributed by atoms with Gasteiger partial charge >= 0.3 is 12.1 Å². The molecule has 0 saturated carbocycles. The number of carbonyl (C=O) groups excluding carboxylic acids is 2. The molecule has 9 nitrogen and oxygen atoms in total. The Kier molecular flexibility index (Phi) is 6.91. The van der Waals surface area contributed by atoms with E-state index >= 15 is 0 Å². The van der Waals surface area contributed by atoms with Crippen LogP contribution in [0.5, 0.6) is 0 Å². The summed E-state index contributed by atoms with van der Waals surface area (Å²) in [5, 5.41) is 14.3. The van der Waals surface area contributed by atoms with Crippen LogP contribution in [0.4, 0.5) is 4.79 Å². The number of nitrogens with zero attached hydrogens (tertiary/aromatic N) is 1. The van der Waals surface area contributed by atoms with Gasteiger partial charge in [0.15, 0.2) is 0 Å². The predicted octanol–water partition coefficient (Wildman–Crippen LogP) is 2.84. The van der Waals surface area contributed by atoms with Gasteiger partial charge in [0.05, 0.1) is 6.33 Å². The van der Waals surface area contributed by atoms with Crippen molar-refractivity contribution in [1.82, 2.24) is 20.6 Å². The molecule has 0 bridgehead atoms. The molecule has 2 aromatic carbocycles. The van der Waals surface area contributed by atoms with E-state index in [0.29, 0.717) is 5.69 Å². The molecule has 2 atom stereocenters. The third-order valence-corrected chi connectivity index (χ3v) is 5.95. The topological polar surface area (TPSA) is 133 Å². The van der Waals surface area contributed by atoms with Crippen molar-refractivity contribution in [3.05, 3.63) is 77.9 Å². The van der Waals surface area contributed by atoms with E-state index in [2.05, 4.69) is 20.6 Å². The number of aromatic nitrogens is 2. The monoisotopic (exact) mass is 462 g/mol. The smallest absolute Gasteiger partial charge is 0.407 e. The number of alkyl carbamates (subject to hydrolysis) is 1. The molecule has 3 aromatic rings. The van der Waals surface area contributed by atoms with Crippen molar-refractivity contribution < 1.29 is 24.2 Å². The van der Waals surface area contributed by atoms with Gasteiger partial charge < -0.3 is 25.5 Å². The highest BCUT2D eigenvalue weighted by molar-refractivity contribution is 5.89. The molecule has 4 rings (SSSR count). The number of hydrogen-bond donors (Lipinski definition) is 4. The zero-order chi connectivity index (χ0) is 24.1. The first-order chi connectivity index (χ1) is 16.5. The lowest BCUT2D eigenvalue weighted by Crippen LogP contribution is -2.52. The van der Waals surface area contributed by atoms with Gasteiger partial charge in [0.2, 0.25) is 5.91 Å². The average Bonchev–Trinajstić information content (AvgIpc) is 3.46. The van der Waals surface area contributed by atoms with E-state index < -0.39 is 30.1 Å². The molecule has 1 aliphatic carbocycles. The maximum absolute atomic E-state index is 12.8. The van der Waals surface area contributed by atoms with E-state index in [1.165, 1.54) is 12.5 Å². The third-order valence-electron chi connectivity index (χ3n) is 5.95. The largest absolute Gasteiger partial charge is 0.480 e. The van der Waals surface area contributed by atoms with Gasteiger partial charge in [0.1, 0.15) is 18.7 Å². The third kappa shape index (κ3) is 4.93. The number of carbonyl (C=O) groups is 3. The first kappa shape index (κ1) is 23.0. The highest BCUT2D eigenvalue weighted by atomic mass is 16.5. The van der Waals surface area contributed by atoms with Gasteiger partial charge in [-0.2, -0.15) is 0 Å². The van der Waals surface area contributed by atoms with Crippen molar-refractivity contribution in [2.24, 2.45) is 0 Å². The zero-order valence-corrected chi connectivity index (χ0v) is 18.7. The predicted molar refractivity (Wildman–Crippen MR) is 124 cm³/mol. The van der Waals surface area contributed by atoms with Crippen LogP contribution in [0.2, 0.25) is 0 Å². The number of carboxylic acid groups (broad SMARTS) is 1. The average molecular weight is 463 g/mol. The first-order valence-corrected chi connectivity index (χ1v) is 11.1. The number of fused-ring (bicyclic) bond motifs is 3. The summed E-state index contributed by atoms with van der Waals surface area (Å²) in [7, 11) is 0. The summed E-state index contributed by atoms with van der Waals surface area (Å²) in [6.07, 6.45) is 2.55. The standard InChI is InChI=1S/C25H26N4O5/c1-2-21(24(31)32)28-23(30)22(11-15-12-26-14-27-15)29-25(33)34-13-20-18-9-5-3-7-16(18)17-8-4-6-10-19(17)20/h3-10,12,14,20-22H,2,11,13H2,1H3,(H,26,27)(H,28,30)(H,29,33)(H,31,32)/t21-,22?/m1/s1. The molecule has 176 valence electrons. The van der Waals surface area contributed by atoms with Gasteiger partial charge in [-0.15, -0.1) is 0 Å². The second-order valence-corrected chi connectivity index (χ2v) is 8.11. The quantitative estimate of drug-likeness (QED) is 0.386. The molecule has 9 heteroatoms. The number of aliphatic carboxylic acids is 1. The molecule has 34 heavy (non-hydrogen) atoms. The summed E-state index contributed by atoms with van der Waals surface area (Å²) in [6.45, 7) is 1.76. The number of imidazole rings is 1. The summed E-state index contributed by atoms with van der Waals surface area (Å²) in [5.74, 6) is -1.87. The Morgan fingerprint density at radius 1 is 1.03 bits per heavy atom. The molecular formula is C25H26N4O5. The van der Waals surface area contributed by atoms with E-state index in [0.717, 1.165) is 22.3 Å². The van der Waals surface area contributed by atoms with Crippen LogP contribution in [0.1, 0.15) is 36.1 Å². The van der Waals surface area contributed by atoms with Crippen molar-refractivity contribution >= 4 is 18.0 Å². The van der Waals surface area contributed by atoms with E-state index in [4.69, 9.17) is 4.74 Å². The van der Waals surface area contributed by atoms with Crippen LogP contribution in [0.25, 0.3) is 11.1 Å². The molecule has 0 saturated heterocycles. The molecule has 2 amide bonds. The number of rotatable bonds is 9. The van der Waals surface area contributed by atoms with Gasteiger partial charge in [-0.25, -0.2) is 14.6 Å². The minimum absolute atomic E-state index is 0.102. The second-order valence-electron chi connectivity index (χ2n) is 8.11. The van der Waals surface area contributed by atoms with Crippen LogP contribution in [-0.4, -0.2) is 51.7 Å². The number of aromatic amines is 1. The molecular weight excluding hydrogens is 436 g/mol. The number of amides is 2. The first-order valence-electron chi connectivity index (χ1n) is 11.1. The molecule has 1 heterocycles. The SMILES string of the molecule is CC[C@@H](NC(=O)C(Cc1cnc[nH]1)NC(=O)OCC1c2ccccc2-c2ccccc21)C(=O)O. The van der Waals surface area contributed by atoms with E-state index in [9.17, 15) is 19.5 Å². The Bertz CT molecular complexity index is 1130. The summed E-state index contributed by atoms with van der Waals surface area (Å²) in [4.78, 5) is 43.6. The molecule has 4 N–H and O–H groups in total. The number of ether oxygens (including phenoxy) is 1. The summed E-state index contributed by atoms with van der Waals surface area (Å²) in [5.41, 5.74) is 5.00. The minimum atomic E-state index is -1.14. The van der Waals surface area contributed by atoms with Crippen molar-refractivity contribution in [3.8, 4) is 11.1 Å². The lowest BCUT2D eigenvalue weighted by Gasteiger charge is -2.21. The molecule has 0 fully saturated rings. The normalized spacial score (nSPS) is 13.9. The fraction of sp³-hybridized carbons (Fsp3) is 0.280. The van der Waals surface area contributed by atoms with Crippen LogP contribution in [0, 0.1) is 0 Å². The molecule has 1 unspecified atom stereocenters. The summed E-state index contributed by atoms with van der Waals surface area (Å²) >= 11 is 0. The van der Waals surface area contributed by atoms with E-state index in [1.807, 2.05) is 48.5 Å². The van der Waals surface area contributed by atoms with Crippen molar-refractivity contribution in [2.45, 2.75) is 37.8 Å². The Hall–Kier alpha value is -4.14. The summed E-state index contributed by atoms with van der Waals surface area (Å²) < 4.78 is 5.55. The fourth-order valence-corrected chi connectivity index (χ4v) is 4.22.